The van der Waals surface area contributed by atoms with Crippen LogP contribution in [0.25, 0.3) is 0 Å². The van der Waals surface area contributed by atoms with E-state index in [9.17, 15) is 4.79 Å². The maximum atomic E-state index is 10.5. The van der Waals surface area contributed by atoms with Gasteiger partial charge in [-0.25, -0.2) is 4.79 Å². The van der Waals surface area contributed by atoms with Crippen LogP contribution in [-0.4, -0.2) is 30.4 Å². The van der Waals surface area contributed by atoms with Crippen LogP contribution in [0.3, 0.4) is 0 Å². The smallest absolute Gasteiger partial charge is 0.371 e. The van der Waals surface area contributed by atoms with Crippen LogP contribution in [0.4, 0.5) is 0 Å². The van der Waals surface area contributed by atoms with Crippen LogP contribution in [0.2, 0.25) is 0 Å². The normalized spacial score (nSPS) is 16.6. The Bertz CT molecular complexity index is 326. The summed E-state index contributed by atoms with van der Waals surface area (Å²) in [5.74, 6) is -0.606. The Hall–Kier alpha value is -1.33. The highest BCUT2D eigenvalue weighted by molar-refractivity contribution is 5.84. The second-order valence-electron chi connectivity index (χ2n) is 3.04. The fraction of sp³-hybridized carbons (Fsp3) is 0.444. The van der Waals surface area contributed by atoms with Crippen LogP contribution in [0, 0.1) is 0 Å². The van der Waals surface area contributed by atoms with Crippen molar-refractivity contribution in [2.75, 3.05) is 13.2 Å². The van der Waals surface area contributed by atoms with Crippen molar-refractivity contribution in [2.45, 2.75) is 12.7 Å². The van der Waals surface area contributed by atoms with Crippen LogP contribution in [0.5, 0.6) is 0 Å². The number of hydrogen-bond donors (Lipinski definition) is 1. The van der Waals surface area contributed by atoms with Crippen LogP contribution < -0.4 is 0 Å². The molecule has 0 saturated carbocycles. The highest BCUT2D eigenvalue weighted by Crippen LogP contribution is 2.12. The number of carboxylic acid groups (broad SMARTS) is 1. The fourth-order valence-corrected chi connectivity index (χ4v) is 1.08. The van der Waals surface area contributed by atoms with Gasteiger partial charge in [0.05, 0.1) is 13.2 Å². The van der Waals surface area contributed by atoms with Crippen molar-refractivity contribution in [3.63, 3.8) is 0 Å². The first-order valence-corrected chi connectivity index (χ1v) is 4.27. The topological polar surface area (TPSA) is 68.9 Å². The number of hydrogen-bond acceptors (Lipinski definition) is 4. The second kappa shape index (κ2) is 3.81. The van der Waals surface area contributed by atoms with E-state index in [1.807, 2.05) is 0 Å². The number of ether oxygens (including phenoxy) is 2. The second-order valence-corrected chi connectivity index (χ2v) is 3.04. The molecule has 76 valence electrons. The Morgan fingerprint density at radius 2 is 2.36 bits per heavy atom. The molecule has 0 amide bonds. The molecular formula is C9H10O5. The molecule has 1 fully saturated rings. The van der Waals surface area contributed by atoms with Gasteiger partial charge in [0.1, 0.15) is 18.5 Å². The third-order valence-corrected chi connectivity index (χ3v) is 1.94. The third-order valence-electron chi connectivity index (χ3n) is 1.94. The largest absolute Gasteiger partial charge is 0.475 e. The third kappa shape index (κ3) is 1.94. The van der Waals surface area contributed by atoms with Crippen molar-refractivity contribution in [1.82, 2.24) is 0 Å². The molecule has 0 radical (unpaired) electrons. The van der Waals surface area contributed by atoms with Crippen molar-refractivity contribution in [1.29, 1.82) is 0 Å². The van der Waals surface area contributed by atoms with Crippen LogP contribution >= 0.6 is 0 Å². The van der Waals surface area contributed by atoms with Gasteiger partial charge in [-0.05, 0) is 12.1 Å². The molecule has 2 heterocycles. The zero-order valence-electron chi connectivity index (χ0n) is 7.43. The SMILES string of the molecule is O=C(O)c1ccc(COC2COC2)o1. The average Bonchev–Trinajstić information content (AvgIpc) is 2.50. The molecule has 1 aromatic rings. The predicted molar refractivity (Wildman–Crippen MR) is 45.1 cm³/mol. The number of carbonyl (C=O) groups is 1. The van der Waals surface area contributed by atoms with E-state index >= 15 is 0 Å². The summed E-state index contributed by atoms with van der Waals surface area (Å²) >= 11 is 0. The van der Waals surface area contributed by atoms with Crippen molar-refractivity contribution in [2.24, 2.45) is 0 Å². The van der Waals surface area contributed by atoms with E-state index in [-0.39, 0.29) is 11.9 Å². The van der Waals surface area contributed by atoms with Crippen molar-refractivity contribution in [3.05, 3.63) is 23.7 Å². The van der Waals surface area contributed by atoms with E-state index in [0.29, 0.717) is 25.6 Å². The molecule has 0 unspecified atom stereocenters. The number of carboxylic acids is 1. The van der Waals surface area contributed by atoms with Crippen LogP contribution in [0.1, 0.15) is 16.3 Å². The van der Waals surface area contributed by atoms with Gasteiger partial charge in [0.25, 0.3) is 0 Å². The van der Waals surface area contributed by atoms with E-state index in [1.54, 1.807) is 6.07 Å². The lowest BCUT2D eigenvalue weighted by molar-refractivity contribution is -0.137. The molecule has 0 spiro atoms. The molecular weight excluding hydrogens is 188 g/mol. The van der Waals surface area contributed by atoms with E-state index < -0.39 is 5.97 Å². The average molecular weight is 198 g/mol. The molecule has 1 aromatic heterocycles. The Morgan fingerprint density at radius 1 is 1.57 bits per heavy atom. The summed E-state index contributed by atoms with van der Waals surface area (Å²) in [6, 6.07) is 3.02. The Labute approximate surface area is 80.2 Å². The van der Waals surface area contributed by atoms with Gasteiger partial charge in [-0.15, -0.1) is 0 Å². The maximum absolute atomic E-state index is 10.5. The first-order valence-electron chi connectivity index (χ1n) is 4.27. The molecule has 0 bridgehead atoms. The number of rotatable bonds is 4. The highest BCUT2D eigenvalue weighted by atomic mass is 16.6. The summed E-state index contributed by atoms with van der Waals surface area (Å²) in [7, 11) is 0. The van der Waals surface area contributed by atoms with Crippen LogP contribution in [-0.2, 0) is 16.1 Å². The summed E-state index contributed by atoms with van der Waals surface area (Å²) in [5, 5.41) is 8.58. The van der Waals surface area contributed by atoms with Crippen molar-refractivity contribution >= 4 is 5.97 Å². The van der Waals surface area contributed by atoms with Gasteiger partial charge in [-0.3, -0.25) is 0 Å². The van der Waals surface area contributed by atoms with Crippen LogP contribution in [0.15, 0.2) is 16.5 Å². The van der Waals surface area contributed by atoms with E-state index in [1.165, 1.54) is 6.07 Å². The minimum absolute atomic E-state index is 0.0616. The maximum Gasteiger partial charge on any atom is 0.371 e. The Balaban J connectivity index is 1.86. The minimum atomic E-state index is -1.07. The zero-order valence-corrected chi connectivity index (χ0v) is 7.43. The molecule has 1 N–H and O–H groups in total. The molecule has 5 heteroatoms. The molecule has 0 aliphatic carbocycles. The monoisotopic (exact) mass is 198 g/mol. The van der Waals surface area contributed by atoms with Crippen molar-refractivity contribution < 1.29 is 23.8 Å². The molecule has 1 aliphatic heterocycles. The number of aromatic carboxylic acids is 1. The molecule has 2 rings (SSSR count). The summed E-state index contributed by atoms with van der Waals surface area (Å²) in [4.78, 5) is 10.5. The zero-order chi connectivity index (χ0) is 9.97. The summed E-state index contributed by atoms with van der Waals surface area (Å²) in [5.41, 5.74) is 0. The molecule has 0 aromatic carbocycles. The molecule has 1 saturated heterocycles. The van der Waals surface area contributed by atoms with Gasteiger partial charge in [-0.2, -0.15) is 0 Å². The van der Waals surface area contributed by atoms with E-state index in [4.69, 9.17) is 19.0 Å². The van der Waals surface area contributed by atoms with Gasteiger partial charge in [-0.1, -0.05) is 0 Å². The van der Waals surface area contributed by atoms with Gasteiger partial charge >= 0.3 is 5.97 Å². The quantitative estimate of drug-likeness (QED) is 0.778. The van der Waals surface area contributed by atoms with E-state index in [0.717, 1.165) is 0 Å². The first-order chi connectivity index (χ1) is 6.75. The predicted octanol–water partition coefficient (Wildman–Crippen LogP) is 0.893. The van der Waals surface area contributed by atoms with Gasteiger partial charge < -0.3 is 19.0 Å². The number of furan rings is 1. The Morgan fingerprint density at radius 3 is 2.86 bits per heavy atom. The van der Waals surface area contributed by atoms with E-state index in [2.05, 4.69) is 0 Å². The molecule has 0 atom stereocenters. The molecule has 5 nitrogen and oxygen atoms in total. The fourth-order valence-electron chi connectivity index (χ4n) is 1.08. The van der Waals surface area contributed by atoms with Gasteiger partial charge in [0, 0.05) is 0 Å². The van der Waals surface area contributed by atoms with Gasteiger partial charge in [0.15, 0.2) is 0 Å². The lowest BCUT2D eigenvalue weighted by Crippen LogP contribution is -2.35. The highest BCUT2D eigenvalue weighted by Gasteiger charge is 2.19. The standard InChI is InChI=1S/C9H10O5/c10-9(11)8-2-1-6(14-8)5-13-7-3-12-4-7/h1-2,7H,3-5H2,(H,10,11). The first kappa shape index (κ1) is 9.23. The minimum Gasteiger partial charge on any atom is -0.475 e. The molecule has 14 heavy (non-hydrogen) atoms. The lowest BCUT2D eigenvalue weighted by Gasteiger charge is -2.25. The molecule has 1 aliphatic rings. The summed E-state index contributed by atoms with van der Waals surface area (Å²) in [6.45, 7) is 1.50. The summed E-state index contributed by atoms with van der Waals surface area (Å²) < 4.78 is 15.3. The summed E-state index contributed by atoms with van der Waals surface area (Å²) in [6.07, 6.45) is 0.119. The lowest BCUT2D eigenvalue weighted by atomic mass is 10.3. The van der Waals surface area contributed by atoms with Gasteiger partial charge in [0.2, 0.25) is 5.76 Å². The Kier molecular flexibility index (Phi) is 2.51. The van der Waals surface area contributed by atoms with Crippen molar-refractivity contribution in [3.8, 4) is 0 Å².